The molecule has 2 aromatic carbocycles. The molecule has 2 saturated heterocycles. The molecule has 0 saturated carbocycles. The van der Waals surface area contributed by atoms with Crippen LogP contribution in [-0.2, 0) is 6.54 Å². The fraction of sp³-hybridized carbons (Fsp3) is 0.381. The maximum absolute atomic E-state index is 5.68. The van der Waals surface area contributed by atoms with Crippen LogP contribution in [0.4, 0.5) is 0 Å². The van der Waals surface area contributed by atoms with E-state index in [-0.39, 0.29) is 0 Å². The number of thiazole rings is 1. The molecule has 3 unspecified atom stereocenters. The van der Waals surface area contributed by atoms with Crippen LogP contribution in [0.1, 0.15) is 30.0 Å². The van der Waals surface area contributed by atoms with Crippen LogP contribution in [0.15, 0.2) is 48.0 Å². The molecule has 2 fully saturated rings. The van der Waals surface area contributed by atoms with E-state index in [2.05, 4.69) is 57.2 Å². The smallest absolute Gasteiger partial charge is 0.125 e. The van der Waals surface area contributed by atoms with Crippen molar-refractivity contribution in [1.82, 2.24) is 14.8 Å². The Kier molecular flexibility index (Phi) is 4.15. The van der Waals surface area contributed by atoms with Crippen molar-refractivity contribution in [2.24, 2.45) is 0 Å². The Hall–Kier alpha value is -1.95. The summed E-state index contributed by atoms with van der Waals surface area (Å²) in [5, 5.41) is 0. The summed E-state index contributed by atoms with van der Waals surface area (Å²) in [6, 6.07) is 16.4. The average Bonchev–Trinajstić information content (AvgIpc) is 3.21. The van der Waals surface area contributed by atoms with Crippen LogP contribution in [0.3, 0.4) is 0 Å². The van der Waals surface area contributed by atoms with E-state index < -0.39 is 0 Å². The Morgan fingerprint density at radius 2 is 2.12 bits per heavy atom. The van der Waals surface area contributed by atoms with Gasteiger partial charge in [0.25, 0.3) is 0 Å². The zero-order chi connectivity index (χ0) is 17.5. The molecule has 1 aromatic heterocycles. The van der Waals surface area contributed by atoms with E-state index in [9.17, 15) is 0 Å². The molecule has 3 atom stereocenters. The predicted octanol–water partition coefficient (Wildman–Crippen LogP) is 4.28. The number of aromatic nitrogens is 1. The fourth-order valence-corrected chi connectivity index (χ4v) is 5.35. The molecule has 3 heterocycles. The number of ether oxygens (including phenoxy) is 1. The first kappa shape index (κ1) is 16.2. The third kappa shape index (κ3) is 2.71. The van der Waals surface area contributed by atoms with Gasteiger partial charge in [0.1, 0.15) is 5.75 Å². The first-order valence-corrected chi connectivity index (χ1v) is 10.1. The van der Waals surface area contributed by atoms with Crippen molar-refractivity contribution in [3.63, 3.8) is 0 Å². The molecule has 0 radical (unpaired) electrons. The van der Waals surface area contributed by atoms with Gasteiger partial charge in [-0.05, 0) is 24.5 Å². The molecular formula is C21H23N3OS. The van der Waals surface area contributed by atoms with Crippen LogP contribution in [-0.4, -0.2) is 41.1 Å². The van der Waals surface area contributed by atoms with Crippen molar-refractivity contribution >= 4 is 21.6 Å². The molecule has 2 bridgehead atoms. The molecule has 26 heavy (non-hydrogen) atoms. The highest BCUT2D eigenvalue weighted by Gasteiger charge is 2.43. The monoisotopic (exact) mass is 365 g/mol. The van der Waals surface area contributed by atoms with Gasteiger partial charge in [0, 0.05) is 30.8 Å². The van der Waals surface area contributed by atoms with Gasteiger partial charge >= 0.3 is 0 Å². The molecule has 2 aliphatic heterocycles. The van der Waals surface area contributed by atoms with Gasteiger partial charge in [-0.15, -0.1) is 11.3 Å². The van der Waals surface area contributed by atoms with E-state index in [4.69, 9.17) is 4.74 Å². The highest BCUT2D eigenvalue weighted by molar-refractivity contribution is 7.16. The number of hydrogen-bond acceptors (Lipinski definition) is 5. The lowest BCUT2D eigenvalue weighted by molar-refractivity contribution is 0.202. The summed E-state index contributed by atoms with van der Waals surface area (Å²) in [7, 11) is 1.76. The third-order valence-electron chi connectivity index (χ3n) is 5.78. The summed E-state index contributed by atoms with van der Waals surface area (Å²) < 4.78 is 6.92. The number of methoxy groups -OCH3 is 1. The lowest BCUT2D eigenvalue weighted by atomic mass is 9.92. The second-order valence-corrected chi connectivity index (χ2v) is 8.14. The first-order valence-electron chi connectivity index (χ1n) is 9.26. The van der Waals surface area contributed by atoms with Crippen LogP contribution < -0.4 is 4.74 Å². The number of hydrogen-bond donors (Lipinski definition) is 0. The van der Waals surface area contributed by atoms with Gasteiger partial charge in [-0.25, -0.2) is 4.98 Å². The van der Waals surface area contributed by atoms with E-state index in [1.54, 1.807) is 18.4 Å². The maximum atomic E-state index is 5.68. The number of piperidine rings is 1. The van der Waals surface area contributed by atoms with Crippen molar-refractivity contribution in [2.45, 2.75) is 31.5 Å². The molecule has 2 aliphatic rings. The maximum Gasteiger partial charge on any atom is 0.125 e. The third-order valence-corrected chi connectivity index (χ3v) is 6.58. The summed E-state index contributed by atoms with van der Waals surface area (Å²) in [6.07, 6.45) is 2.55. The van der Waals surface area contributed by atoms with Crippen LogP contribution in [0.25, 0.3) is 10.2 Å². The SMILES string of the molecule is COc1cc2ncsc2cc1CN1CN2CCCC1C2c1ccccc1. The predicted molar refractivity (Wildman–Crippen MR) is 105 cm³/mol. The van der Waals surface area contributed by atoms with Crippen molar-refractivity contribution in [3.8, 4) is 5.75 Å². The molecule has 0 N–H and O–H groups in total. The second-order valence-electron chi connectivity index (χ2n) is 7.25. The number of fused-ring (bicyclic) bond motifs is 3. The fourth-order valence-electron chi connectivity index (χ4n) is 4.63. The summed E-state index contributed by atoms with van der Waals surface area (Å²) >= 11 is 1.70. The molecule has 5 rings (SSSR count). The molecule has 5 heteroatoms. The number of rotatable bonds is 4. The summed E-state index contributed by atoms with van der Waals surface area (Å²) in [4.78, 5) is 9.70. The lowest BCUT2D eigenvalue weighted by Crippen LogP contribution is -2.35. The second kappa shape index (κ2) is 6.65. The Morgan fingerprint density at radius 1 is 1.23 bits per heavy atom. The highest BCUT2D eigenvalue weighted by Crippen LogP contribution is 2.41. The van der Waals surface area contributed by atoms with Crippen molar-refractivity contribution in [3.05, 3.63) is 59.1 Å². The Bertz CT molecular complexity index is 910. The van der Waals surface area contributed by atoms with Gasteiger partial charge in [-0.1, -0.05) is 30.3 Å². The zero-order valence-electron chi connectivity index (χ0n) is 15.0. The standard InChI is InChI=1S/C21H23N3OS/c1-25-19-11-17-20(26-13-22-17)10-16(19)12-24-14-23-9-5-8-18(24)21(23)15-6-3-2-4-7-15/h2-4,6-7,10-11,13,18,21H,5,8-9,12,14H2,1H3. The molecule has 0 aliphatic carbocycles. The van der Waals surface area contributed by atoms with Gasteiger partial charge in [-0.2, -0.15) is 0 Å². The Labute approximate surface area is 158 Å². The van der Waals surface area contributed by atoms with E-state index >= 15 is 0 Å². The number of nitrogens with zero attached hydrogens (tertiary/aromatic N) is 3. The van der Waals surface area contributed by atoms with Gasteiger partial charge in [-0.3, -0.25) is 9.80 Å². The van der Waals surface area contributed by atoms with Gasteiger partial charge in [0.05, 0.1) is 35.5 Å². The van der Waals surface area contributed by atoms with Crippen LogP contribution in [0.2, 0.25) is 0 Å². The largest absolute Gasteiger partial charge is 0.496 e. The number of benzene rings is 2. The minimum Gasteiger partial charge on any atom is -0.496 e. The summed E-state index contributed by atoms with van der Waals surface area (Å²) in [5.41, 5.74) is 5.66. The topological polar surface area (TPSA) is 28.6 Å². The molecule has 0 amide bonds. The van der Waals surface area contributed by atoms with E-state index in [1.807, 2.05) is 5.51 Å². The van der Waals surface area contributed by atoms with Crippen molar-refractivity contribution < 1.29 is 4.74 Å². The van der Waals surface area contributed by atoms with Gasteiger partial charge < -0.3 is 4.74 Å². The van der Waals surface area contributed by atoms with Gasteiger partial charge in [0.15, 0.2) is 0 Å². The lowest BCUT2D eigenvalue weighted by Gasteiger charge is -2.33. The summed E-state index contributed by atoms with van der Waals surface area (Å²) in [5.74, 6) is 0.955. The van der Waals surface area contributed by atoms with E-state index in [0.717, 1.165) is 24.5 Å². The van der Waals surface area contributed by atoms with E-state index in [1.165, 1.54) is 35.2 Å². The van der Waals surface area contributed by atoms with Crippen molar-refractivity contribution in [1.29, 1.82) is 0 Å². The molecule has 4 nitrogen and oxygen atoms in total. The average molecular weight is 366 g/mol. The Balaban J connectivity index is 1.46. The minimum absolute atomic E-state index is 0.517. The summed E-state index contributed by atoms with van der Waals surface area (Å²) in [6.45, 7) is 3.16. The Morgan fingerprint density at radius 3 is 2.96 bits per heavy atom. The van der Waals surface area contributed by atoms with Crippen LogP contribution in [0, 0.1) is 0 Å². The normalized spacial score (nSPS) is 25.7. The van der Waals surface area contributed by atoms with Crippen LogP contribution in [0.5, 0.6) is 5.75 Å². The van der Waals surface area contributed by atoms with E-state index in [0.29, 0.717) is 12.1 Å². The minimum atomic E-state index is 0.517. The highest BCUT2D eigenvalue weighted by atomic mass is 32.1. The zero-order valence-corrected chi connectivity index (χ0v) is 15.8. The molecule has 134 valence electrons. The van der Waals surface area contributed by atoms with Crippen LogP contribution >= 0.6 is 11.3 Å². The molecule has 3 aromatic rings. The quantitative estimate of drug-likeness (QED) is 0.690. The van der Waals surface area contributed by atoms with Gasteiger partial charge in [0.2, 0.25) is 0 Å². The molecule has 0 spiro atoms. The molecular weight excluding hydrogens is 342 g/mol. The first-order chi connectivity index (χ1) is 12.8. The van der Waals surface area contributed by atoms with Crippen molar-refractivity contribution in [2.75, 3.05) is 20.3 Å².